The van der Waals surface area contributed by atoms with Crippen molar-refractivity contribution in [3.05, 3.63) is 35.6 Å². The molecule has 0 bridgehead atoms. The molecule has 1 saturated heterocycles. The first-order valence-electron chi connectivity index (χ1n) is 10.1. The highest BCUT2D eigenvalue weighted by Crippen LogP contribution is 2.41. The first kappa shape index (κ1) is 21.1. The lowest BCUT2D eigenvalue weighted by Crippen LogP contribution is -2.51. The predicted octanol–water partition coefficient (Wildman–Crippen LogP) is 3.44. The average molecular weight is 409 g/mol. The number of carbonyl (C=O) groups is 2. The van der Waals surface area contributed by atoms with Crippen molar-refractivity contribution >= 4 is 23.6 Å². The molecule has 1 aliphatic heterocycles. The van der Waals surface area contributed by atoms with Crippen LogP contribution in [0.4, 0.5) is 4.39 Å². The molecule has 1 aromatic carbocycles. The molecule has 1 aromatic rings. The molecule has 2 atom stereocenters. The Morgan fingerprint density at radius 2 is 1.93 bits per heavy atom. The number of hydrogen-bond donors (Lipinski definition) is 1. The molecule has 2 fully saturated rings. The molecule has 2 unspecified atom stereocenters. The van der Waals surface area contributed by atoms with Crippen molar-refractivity contribution in [2.24, 2.45) is 5.92 Å². The van der Waals surface area contributed by atoms with E-state index in [0.29, 0.717) is 30.4 Å². The summed E-state index contributed by atoms with van der Waals surface area (Å²) in [5.74, 6) is 0.345. The fraction of sp³-hybridized carbons (Fsp3) is 0.619. The van der Waals surface area contributed by atoms with E-state index < -0.39 is 6.04 Å². The zero-order valence-corrected chi connectivity index (χ0v) is 17.2. The number of thioether (sulfide) groups is 1. The number of nitrogens with one attached hydrogen (secondary N) is 1. The molecule has 1 saturated carbocycles. The van der Waals surface area contributed by atoms with Gasteiger partial charge in [0.25, 0.3) is 5.91 Å². The van der Waals surface area contributed by atoms with Crippen LogP contribution >= 0.6 is 11.8 Å². The molecule has 154 valence electrons. The normalized spacial score (nSPS) is 23.0. The van der Waals surface area contributed by atoms with Crippen molar-refractivity contribution in [3.8, 4) is 0 Å². The summed E-state index contributed by atoms with van der Waals surface area (Å²) >= 11 is 1.71. The second-order valence-corrected chi connectivity index (χ2v) is 8.64. The standard InChI is InChI=1S/C21H29FN2O3S/c1-27-13-5-12-23-19(25)18-14-28-21(16-6-3-2-4-7-16)24(18)20(26)15-8-10-17(22)11-9-15/h8-11,16,18,21H,2-7,12-14H2,1H3,(H,23,25). The van der Waals surface area contributed by atoms with Crippen LogP contribution in [0.3, 0.4) is 0 Å². The lowest BCUT2D eigenvalue weighted by molar-refractivity contribution is -0.125. The third-order valence-corrected chi connectivity index (χ3v) is 7.00. The Morgan fingerprint density at radius 3 is 2.61 bits per heavy atom. The van der Waals surface area contributed by atoms with Crippen LogP contribution in [0.1, 0.15) is 48.9 Å². The molecule has 3 rings (SSSR count). The highest BCUT2D eigenvalue weighted by molar-refractivity contribution is 8.00. The smallest absolute Gasteiger partial charge is 0.255 e. The molecule has 1 N–H and O–H groups in total. The Kier molecular flexibility index (Phi) is 7.73. The van der Waals surface area contributed by atoms with E-state index in [0.717, 1.165) is 19.3 Å². The largest absolute Gasteiger partial charge is 0.385 e. The van der Waals surface area contributed by atoms with Crippen LogP contribution < -0.4 is 5.32 Å². The van der Waals surface area contributed by atoms with Crippen molar-refractivity contribution in [1.29, 1.82) is 0 Å². The van der Waals surface area contributed by atoms with Gasteiger partial charge in [-0.15, -0.1) is 11.8 Å². The van der Waals surface area contributed by atoms with Crippen LogP contribution in [0.15, 0.2) is 24.3 Å². The molecule has 1 heterocycles. The molecule has 2 amide bonds. The topological polar surface area (TPSA) is 58.6 Å². The minimum absolute atomic E-state index is 0.00702. The average Bonchev–Trinajstić information content (AvgIpc) is 3.17. The van der Waals surface area contributed by atoms with E-state index in [1.807, 2.05) is 0 Å². The number of halogens is 1. The van der Waals surface area contributed by atoms with E-state index in [-0.39, 0.29) is 23.0 Å². The number of carbonyl (C=O) groups excluding carboxylic acids is 2. The van der Waals surface area contributed by atoms with Crippen molar-refractivity contribution in [1.82, 2.24) is 10.2 Å². The summed E-state index contributed by atoms with van der Waals surface area (Å²) in [5, 5.41) is 2.95. The molecule has 5 nitrogen and oxygen atoms in total. The molecular formula is C21H29FN2O3S. The summed E-state index contributed by atoms with van der Waals surface area (Å²) in [6.45, 7) is 1.11. The second-order valence-electron chi connectivity index (χ2n) is 7.49. The molecule has 28 heavy (non-hydrogen) atoms. The first-order chi connectivity index (χ1) is 13.6. The number of nitrogens with zero attached hydrogens (tertiary/aromatic N) is 1. The summed E-state index contributed by atoms with van der Waals surface area (Å²) in [6, 6.07) is 5.12. The fourth-order valence-electron chi connectivity index (χ4n) is 4.06. The monoisotopic (exact) mass is 408 g/mol. The molecule has 1 aliphatic carbocycles. The Labute approximate surface area is 170 Å². The number of hydrogen-bond acceptors (Lipinski definition) is 4. The lowest BCUT2D eigenvalue weighted by atomic mass is 9.88. The van der Waals surface area contributed by atoms with Crippen molar-refractivity contribution in [2.75, 3.05) is 26.0 Å². The summed E-state index contributed by atoms with van der Waals surface area (Å²) in [7, 11) is 1.63. The van der Waals surface area contributed by atoms with Crippen LogP contribution in [-0.2, 0) is 9.53 Å². The fourth-order valence-corrected chi connectivity index (χ4v) is 5.70. The molecule has 0 aromatic heterocycles. The van der Waals surface area contributed by atoms with Gasteiger partial charge >= 0.3 is 0 Å². The van der Waals surface area contributed by atoms with Gasteiger partial charge in [0.15, 0.2) is 0 Å². The zero-order chi connectivity index (χ0) is 19.9. The van der Waals surface area contributed by atoms with Crippen LogP contribution in [-0.4, -0.2) is 54.1 Å². The van der Waals surface area contributed by atoms with Gasteiger partial charge in [-0.3, -0.25) is 9.59 Å². The van der Waals surface area contributed by atoms with Crippen LogP contribution in [0.5, 0.6) is 0 Å². The quantitative estimate of drug-likeness (QED) is 0.702. The molecular weight excluding hydrogens is 379 g/mol. The summed E-state index contributed by atoms with van der Waals surface area (Å²) in [4.78, 5) is 27.9. The van der Waals surface area contributed by atoms with Gasteiger partial charge in [0.2, 0.25) is 5.91 Å². The van der Waals surface area contributed by atoms with Crippen molar-refractivity contribution in [2.45, 2.75) is 49.9 Å². The van der Waals surface area contributed by atoms with Gasteiger partial charge in [0.1, 0.15) is 11.9 Å². The van der Waals surface area contributed by atoms with Gasteiger partial charge in [0.05, 0.1) is 5.37 Å². The maximum atomic E-state index is 13.3. The predicted molar refractivity (Wildman–Crippen MR) is 109 cm³/mol. The van der Waals surface area contributed by atoms with Crippen LogP contribution in [0, 0.1) is 11.7 Å². The van der Waals surface area contributed by atoms with E-state index in [9.17, 15) is 14.0 Å². The second kappa shape index (κ2) is 10.3. The van der Waals surface area contributed by atoms with E-state index in [1.165, 1.54) is 43.5 Å². The Balaban J connectivity index is 1.77. The highest BCUT2D eigenvalue weighted by Gasteiger charge is 2.45. The zero-order valence-electron chi connectivity index (χ0n) is 16.4. The maximum Gasteiger partial charge on any atom is 0.255 e. The Hall–Kier alpha value is -1.60. The van der Waals surface area contributed by atoms with Crippen molar-refractivity contribution < 1.29 is 18.7 Å². The highest BCUT2D eigenvalue weighted by atomic mass is 32.2. The van der Waals surface area contributed by atoms with Crippen LogP contribution in [0.25, 0.3) is 0 Å². The van der Waals surface area contributed by atoms with Gasteiger partial charge in [-0.1, -0.05) is 19.3 Å². The SMILES string of the molecule is COCCCNC(=O)C1CSC(C2CCCCC2)N1C(=O)c1ccc(F)cc1. The third-order valence-electron chi connectivity index (χ3n) is 5.54. The molecule has 7 heteroatoms. The maximum absolute atomic E-state index is 13.3. The Morgan fingerprint density at radius 1 is 1.21 bits per heavy atom. The van der Waals surface area contributed by atoms with E-state index in [1.54, 1.807) is 23.8 Å². The van der Waals surface area contributed by atoms with Gasteiger partial charge in [-0.2, -0.15) is 0 Å². The number of amides is 2. The van der Waals surface area contributed by atoms with Gasteiger partial charge in [-0.25, -0.2) is 4.39 Å². The minimum atomic E-state index is -0.489. The third kappa shape index (κ3) is 5.06. The van der Waals surface area contributed by atoms with E-state index in [2.05, 4.69) is 5.32 Å². The first-order valence-corrected chi connectivity index (χ1v) is 11.1. The number of methoxy groups -OCH3 is 1. The summed E-state index contributed by atoms with van der Waals surface area (Å²) < 4.78 is 18.3. The number of ether oxygens (including phenoxy) is 1. The number of rotatable bonds is 7. The van der Waals surface area contributed by atoms with Gasteiger partial charge in [-0.05, 0) is 49.4 Å². The van der Waals surface area contributed by atoms with E-state index in [4.69, 9.17) is 4.74 Å². The Bertz CT molecular complexity index is 664. The summed E-state index contributed by atoms with van der Waals surface area (Å²) in [6.07, 6.45) is 6.51. The summed E-state index contributed by atoms with van der Waals surface area (Å²) in [5.41, 5.74) is 0.432. The molecule has 2 aliphatic rings. The van der Waals surface area contributed by atoms with Crippen molar-refractivity contribution in [3.63, 3.8) is 0 Å². The molecule has 0 radical (unpaired) electrons. The van der Waals surface area contributed by atoms with Gasteiger partial charge in [0, 0.05) is 31.6 Å². The minimum Gasteiger partial charge on any atom is -0.385 e. The number of benzene rings is 1. The van der Waals surface area contributed by atoms with Crippen LogP contribution in [0.2, 0.25) is 0 Å². The molecule has 0 spiro atoms. The lowest BCUT2D eigenvalue weighted by Gasteiger charge is -2.35. The van der Waals surface area contributed by atoms with Gasteiger partial charge < -0.3 is 15.0 Å². The van der Waals surface area contributed by atoms with E-state index >= 15 is 0 Å².